The van der Waals surface area contributed by atoms with Crippen molar-refractivity contribution in [2.45, 2.75) is 51.4 Å². The molecule has 0 saturated heterocycles. The first-order chi connectivity index (χ1) is 8.74. The molecule has 1 amide bonds. The van der Waals surface area contributed by atoms with Crippen LogP contribution in [0.5, 0.6) is 0 Å². The highest BCUT2D eigenvalue weighted by Crippen LogP contribution is 2.38. The average molecular weight is 266 g/mol. The second kappa shape index (κ2) is 6.23. The molecule has 3 N–H and O–H groups in total. The van der Waals surface area contributed by atoms with Gasteiger partial charge in [-0.1, -0.05) is 26.2 Å². The molecule has 0 aliphatic heterocycles. The highest BCUT2D eigenvalue weighted by molar-refractivity contribution is 7.14. The minimum atomic E-state index is 0.0103. The van der Waals surface area contributed by atoms with Crippen molar-refractivity contribution in [3.8, 4) is 0 Å². The quantitative estimate of drug-likeness (QED) is 0.876. The van der Waals surface area contributed by atoms with Crippen molar-refractivity contribution in [3.63, 3.8) is 0 Å². The molecule has 1 aromatic rings. The number of hydrogen-bond donors (Lipinski definition) is 2. The number of rotatable bonds is 4. The van der Waals surface area contributed by atoms with Crippen LogP contribution >= 0.6 is 11.3 Å². The fraction of sp³-hybridized carbons (Fsp3) is 0.643. The molecule has 0 radical (unpaired) electrons. The minimum Gasteiger partial charge on any atom is -0.390 e. The van der Waals surface area contributed by atoms with Gasteiger partial charge in [-0.3, -0.25) is 4.79 Å². The van der Waals surface area contributed by atoms with Crippen molar-refractivity contribution in [2.75, 3.05) is 12.3 Å². The number of nitrogen functional groups attached to an aromatic ring is 1. The van der Waals surface area contributed by atoms with Crippen LogP contribution in [-0.2, 0) is 0 Å². The lowest BCUT2D eigenvalue weighted by atomic mass is 9.83. The number of nitrogens with one attached hydrogen (secondary N) is 1. The van der Waals surface area contributed by atoms with Gasteiger partial charge < -0.3 is 11.1 Å². The zero-order chi connectivity index (χ0) is 13.0. The lowest BCUT2D eigenvalue weighted by Gasteiger charge is -2.22. The summed E-state index contributed by atoms with van der Waals surface area (Å²) in [7, 11) is 0. The molecular formula is C14H22N2OS. The number of carbonyl (C=O) groups excluding carboxylic acids is 1. The fourth-order valence-corrected chi connectivity index (χ4v) is 3.56. The summed E-state index contributed by atoms with van der Waals surface area (Å²) in [5, 5.41) is 5.70. The largest absolute Gasteiger partial charge is 0.390 e. The van der Waals surface area contributed by atoms with Crippen molar-refractivity contribution in [1.29, 1.82) is 0 Å². The van der Waals surface area contributed by atoms with Gasteiger partial charge in [0.1, 0.15) is 0 Å². The molecule has 3 nitrogen and oxygen atoms in total. The predicted molar refractivity (Wildman–Crippen MR) is 77.2 cm³/mol. The van der Waals surface area contributed by atoms with Crippen LogP contribution in [0.15, 0.2) is 5.38 Å². The Kier molecular flexibility index (Phi) is 4.64. The highest BCUT2D eigenvalue weighted by atomic mass is 32.1. The number of amides is 1. The molecule has 4 heteroatoms. The number of anilines is 1. The van der Waals surface area contributed by atoms with Crippen molar-refractivity contribution >= 4 is 22.2 Å². The van der Waals surface area contributed by atoms with E-state index in [4.69, 9.17) is 5.73 Å². The van der Waals surface area contributed by atoms with Crippen LogP contribution in [0.1, 0.15) is 67.3 Å². The third kappa shape index (κ3) is 2.86. The lowest BCUT2D eigenvalue weighted by molar-refractivity contribution is 0.0953. The first-order valence-corrected chi connectivity index (χ1v) is 7.77. The summed E-state index contributed by atoms with van der Waals surface area (Å²) in [6.45, 7) is 2.78. The molecule has 0 spiro atoms. The minimum absolute atomic E-state index is 0.0103. The Balaban J connectivity index is 2.17. The van der Waals surface area contributed by atoms with Gasteiger partial charge in [-0.15, -0.1) is 11.3 Å². The molecular weight excluding hydrogens is 244 g/mol. The van der Waals surface area contributed by atoms with E-state index in [9.17, 15) is 4.79 Å². The average Bonchev–Trinajstić information content (AvgIpc) is 2.79. The predicted octanol–water partition coefficient (Wildman–Crippen LogP) is 3.52. The maximum atomic E-state index is 12.2. The standard InChI is InChI=1S/C14H22N2OS/c1-2-8-16-14(17)12-11(9-18-13(12)15)10-6-4-3-5-7-10/h9-10H,2-8,15H2,1H3,(H,16,17). The van der Waals surface area contributed by atoms with Gasteiger partial charge in [0.05, 0.1) is 10.6 Å². The first kappa shape index (κ1) is 13.4. The summed E-state index contributed by atoms with van der Waals surface area (Å²) < 4.78 is 0. The van der Waals surface area contributed by atoms with E-state index < -0.39 is 0 Å². The lowest BCUT2D eigenvalue weighted by Crippen LogP contribution is -2.26. The summed E-state index contributed by atoms with van der Waals surface area (Å²) in [5.74, 6) is 0.547. The fourth-order valence-electron chi connectivity index (χ4n) is 2.67. The molecule has 1 aliphatic rings. The summed E-state index contributed by atoms with van der Waals surface area (Å²) in [4.78, 5) is 12.2. The van der Waals surface area contributed by atoms with Crippen LogP contribution in [0.2, 0.25) is 0 Å². The highest BCUT2D eigenvalue weighted by Gasteiger charge is 2.24. The number of hydrogen-bond acceptors (Lipinski definition) is 3. The van der Waals surface area contributed by atoms with Crippen LogP contribution < -0.4 is 11.1 Å². The molecule has 0 aromatic carbocycles. The van der Waals surface area contributed by atoms with Crippen molar-refractivity contribution in [1.82, 2.24) is 5.32 Å². The molecule has 1 aromatic heterocycles. The number of carbonyl (C=O) groups is 1. The number of thiophene rings is 1. The monoisotopic (exact) mass is 266 g/mol. The van der Waals surface area contributed by atoms with Gasteiger partial charge in [0, 0.05) is 6.54 Å². The number of nitrogens with two attached hydrogens (primary N) is 1. The Labute approximate surface area is 113 Å². The van der Waals surface area contributed by atoms with E-state index in [2.05, 4.69) is 17.6 Å². The molecule has 1 aliphatic carbocycles. The second-order valence-electron chi connectivity index (χ2n) is 5.02. The van der Waals surface area contributed by atoms with Crippen LogP contribution in [-0.4, -0.2) is 12.5 Å². The Morgan fingerprint density at radius 3 is 2.83 bits per heavy atom. The van der Waals surface area contributed by atoms with Crippen LogP contribution in [0, 0.1) is 0 Å². The molecule has 1 saturated carbocycles. The van der Waals surface area contributed by atoms with E-state index >= 15 is 0 Å². The smallest absolute Gasteiger partial charge is 0.254 e. The van der Waals surface area contributed by atoms with E-state index in [1.165, 1.54) is 49.0 Å². The van der Waals surface area contributed by atoms with Gasteiger partial charge in [-0.25, -0.2) is 0 Å². The van der Waals surface area contributed by atoms with Gasteiger partial charge in [0.2, 0.25) is 0 Å². The summed E-state index contributed by atoms with van der Waals surface area (Å²) >= 11 is 1.50. The molecule has 100 valence electrons. The van der Waals surface area contributed by atoms with Gasteiger partial charge >= 0.3 is 0 Å². The van der Waals surface area contributed by atoms with E-state index in [0.29, 0.717) is 10.9 Å². The molecule has 1 fully saturated rings. The Morgan fingerprint density at radius 1 is 1.44 bits per heavy atom. The maximum absolute atomic E-state index is 12.2. The van der Waals surface area contributed by atoms with Crippen LogP contribution in [0.25, 0.3) is 0 Å². The normalized spacial score (nSPS) is 16.7. The molecule has 2 rings (SSSR count). The van der Waals surface area contributed by atoms with E-state index in [0.717, 1.165) is 18.5 Å². The molecule has 0 atom stereocenters. The summed E-state index contributed by atoms with van der Waals surface area (Å²) in [6.07, 6.45) is 7.23. The zero-order valence-electron chi connectivity index (χ0n) is 11.0. The van der Waals surface area contributed by atoms with E-state index in [1.54, 1.807) is 0 Å². The zero-order valence-corrected chi connectivity index (χ0v) is 11.8. The van der Waals surface area contributed by atoms with Gasteiger partial charge in [-0.05, 0) is 36.1 Å². The third-order valence-electron chi connectivity index (χ3n) is 3.66. The Morgan fingerprint density at radius 2 is 2.17 bits per heavy atom. The topological polar surface area (TPSA) is 55.1 Å². The maximum Gasteiger partial charge on any atom is 0.254 e. The Hall–Kier alpha value is -1.03. The summed E-state index contributed by atoms with van der Waals surface area (Å²) in [6, 6.07) is 0. The van der Waals surface area contributed by atoms with Crippen molar-refractivity contribution in [2.24, 2.45) is 0 Å². The van der Waals surface area contributed by atoms with Gasteiger partial charge in [0.25, 0.3) is 5.91 Å². The first-order valence-electron chi connectivity index (χ1n) is 6.89. The van der Waals surface area contributed by atoms with E-state index in [1.807, 2.05) is 0 Å². The van der Waals surface area contributed by atoms with Gasteiger partial charge in [0.15, 0.2) is 0 Å². The van der Waals surface area contributed by atoms with Crippen LogP contribution in [0.3, 0.4) is 0 Å². The van der Waals surface area contributed by atoms with Crippen molar-refractivity contribution in [3.05, 3.63) is 16.5 Å². The van der Waals surface area contributed by atoms with Gasteiger partial charge in [-0.2, -0.15) is 0 Å². The molecule has 18 heavy (non-hydrogen) atoms. The second-order valence-corrected chi connectivity index (χ2v) is 5.93. The Bertz CT molecular complexity index is 408. The third-order valence-corrected chi connectivity index (χ3v) is 4.49. The SMILES string of the molecule is CCCNC(=O)c1c(C2CCCCC2)csc1N. The molecule has 0 unspecified atom stereocenters. The molecule has 1 heterocycles. The van der Waals surface area contributed by atoms with E-state index in [-0.39, 0.29) is 5.91 Å². The van der Waals surface area contributed by atoms with Crippen LogP contribution in [0.4, 0.5) is 5.00 Å². The summed E-state index contributed by atoms with van der Waals surface area (Å²) in [5.41, 5.74) is 7.91. The van der Waals surface area contributed by atoms with Crippen molar-refractivity contribution < 1.29 is 4.79 Å². The molecule has 0 bridgehead atoms.